The van der Waals surface area contributed by atoms with E-state index in [1.54, 1.807) is 26.0 Å². The van der Waals surface area contributed by atoms with Gasteiger partial charge in [0.25, 0.3) is 0 Å². The van der Waals surface area contributed by atoms with Gasteiger partial charge in [-0.15, -0.1) is 0 Å². The van der Waals surface area contributed by atoms with Crippen molar-refractivity contribution in [3.05, 3.63) is 56.6 Å². The van der Waals surface area contributed by atoms with Crippen molar-refractivity contribution in [2.24, 2.45) is 0 Å². The number of hydrogen-bond donors (Lipinski definition) is 0. The van der Waals surface area contributed by atoms with Crippen LogP contribution in [0.25, 0.3) is 0 Å². The molecule has 0 fully saturated rings. The number of halogens is 2. The first-order valence-corrected chi connectivity index (χ1v) is 8.90. The Labute approximate surface area is 166 Å². The second-order valence-corrected chi connectivity index (χ2v) is 6.25. The molecule has 0 aromatic heterocycles. The molecule has 27 heavy (non-hydrogen) atoms. The fourth-order valence-electron chi connectivity index (χ4n) is 2.24. The summed E-state index contributed by atoms with van der Waals surface area (Å²) in [4.78, 5) is 10.7. The normalized spacial score (nSPS) is 13.1. The average Bonchev–Trinajstić information content (AvgIpc) is 2.57. The van der Waals surface area contributed by atoms with Gasteiger partial charge < -0.3 is 18.9 Å². The molecule has 0 saturated heterocycles. The monoisotopic (exact) mass is 415 g/mol. The van der Waals surface area contributed by atoms with Crippen LogP contribution in [0.2, 0.25) is 10.0 Å². The highest BCUT2D eigenvalue weighted by atomic mass is 35.5. The van der Waals surface area contributed by atoms with E-state index >= 15 is 0 Å². The number of hydrogen-bond acceptors (Lipinski definition) is 6. The van der Waals surface area contributed by atoms with E-state index in [-0.39, 0.29) is 11.4 Å². The molecule has 2 unspecified atom stereocenters. The van der Waals surface area contributed by atoms with Crippen molar-refractivity contribution in [2.75, 3.05) is 6.61 Å². The molecule has 146 valence electrons. The molecule has 0 N–H and O–H groups in total. The molecule has 2 aromatic carbocycles. The number of nitrogens with zero attached hydrogens (tertiary/aromatic N) is 1. The van der Waals surface area contributed by atoms with Crippen LogP contribution in [0.1, 0.15) is 20.8 Å². The smallest absolute Gasteiger partial charge is 0.311 e. The summed E-state index contributed by atoms with van der Waals surface area (Å²) in [7, 11) is 0. The number of ether oxygens (including phenoxy) is 4. The zero-order valence-electron chi connectivity index (χ0n) is 15.0. The van der Waals surface area contributed by atoms with Crippen molar-refractivity contribution in [3.8, 4) is 17.2 Å². The molecular formula is C18H19Cl2NO6. The SMILES string of the molecule is CCOC(C)OC(C)Oc1cc(Oc2ccc(Cl)cc2Cl)ccc1[N+](=O)[O-]. The molecule has 2 rings (SSSR count). The average molecular weight is 416 g/mol. The molecule has 0 radical (unpaired) electrons. The van der Waals surface area contributed by atoms with E-state index in [2.05, 4.69) is 0 Å². The molecule has 2 atom stereocenters. The van der Waals surface area contributed by atoms with Gasteiger partial charge in [0, 0.05) is 23.8 Å². The van der Waals surface area contributed by atoms with Gasteiger partial charge in [-0.2, -0.15) is 0 Å². The number of benzene rings is 2. The Morgan fingerprint density at radius 2 is 1.81 bits per heavy atom. The minimum atomic E-state index is -0.778. The third-order valence-electron chi connectivity index (χ3n) is 3.33. The maximum absolute atomic E-state index is 11.3. The third-order valence-corrected chi connectivity index (χ3v) is 3.86. The lowest BCUT2D eigenvalue weighted by molar-refractivity contribution is -0.386. The van der Waals surface area contributed by atoms with Gasteiger partial charge >= 0.3 is 5.69 Å². The first-order valence-electron chi connectivity index (χ1n) is 8.15. The van der Waals surface area contributed by atoms with Gasteiger partial charge in [-0.3, -0.25) is 10.1 Å². The van der Waals surface area contributed by atoms with Crippen molar-refractivity contribution in [2.45, 2.75) is 33.4 Å². The quantitative estimate of drug-likeness (QED) is 0.291. The van der Waals surface area contributed by atoms with Crippen LogP contribution in [0.5, 0.6) is 17.2 Å². The van der Waals surface area contributed by atoms with Gasteiger partial charge in [-0.05, 0) is 45.0 Å². The summed E-state index contributed by atoms with van der Waals surface area (Å²) in [5.74, 6) is 0.666. The molecule has 7 nitrogen and oxygen atoms in total. The third kappa shape index (κ3) is 6.25. The molecule has 2 aromatic rings. The number of rotatable bonds is 9. The van der Waals surface area contributed by atoms with Crippen molar-refractivity contribution in [3.63, 3.8) is 0 Å². The van der Waals surface area contributed by atoms with E-state index in [1.165, 1.54) is 24.3 Å². The molecule has 0 aliphatic rings. The van der Waals surface area contributed by atoms with Crippen LogP contribution in [0.3, 0.4) is 0 Å². The van der Waals surface area contributed by atoms with E-state index in [4.69, 9.17) is 42.1 Å². The van der Waals surface area contributed by atoms with Crippen LogP contribution in [0.4, 0.5) is 5.69 Å². The molecule has 0 heterocycles. The molecule has 0 saturated carbocycles. The Hall–Kier alpha value is -2.06. The lowest BCUT2D eigenvalue weighted by Gasteiger charge is -2.20. The zero-order chi connectivity index (χ0) is 20.0. The van der Waals surface area contributed by atoms with Gasteiger partial charge in [-0.25, -0.2) is 0 Å². The summed E-state index contributed by atoms with van der Waals surface area (Å²) in [6, 6.07) is 8.89. The summed E-state index contributed by atoms with van der Waals surface area (Å²) in [5, 5.41) is 12.1. The van der Waals surface area contributed by atoms with Crippen molar-refractivity contribution < 1.29 is 23.9 Å². The van der Waals surface area contributed by atoms with E-state index in [9.17, 15) is 10.1 Å². The lowest BCUT2D eigenvalue weighted by atomic mass is 10.2. The highest BCUT2D eigenvalue weighted by Crippen LogP contribution is 2.36. The Morgan fingerprint density at radius 1 is 1.07 bits per heavy atom. The fourth-order valence-corrected chi connectivity index (χ4v) is 2.69. The summed E-state index contributed by atoms with van der Waals surface area (Å²) in [5.41, 5.74) is -0.218. The Morgan fingerprint density at radius 3 is 2.44 bits per heavy atom. The van der Waals surface area contributed by atoms with E-state index in [0.717, 1.165) is 0 Å². The highest BCUT2D eigenvalue weighted by Gasteiger charge is 2.20. The summed E-state index contributed by atoms with van der Waals surface area (Å²) < 4.78 is 22.0. The molecule has 0 aliphatic heterocycles. The summed E-state index contributed by atoms with van der Waals surface area (Å²) in [6.07, 6.45) is -1.30. The predicted molar refractivity (Wildman–Crippen MR) is 102 cm³/mol. The van der Waals surface area contributed by atoms with E-state index in [1.807, 2.05) is 6.92 Å². The van der Waals surface area contributed by atoms with Crippen LogP contribution in [-0.2, 0) is 9.47 Å². The molecule has 0 aliphatic carbocycles. The summed E-state index contributed by atoms with van der Waals surface area (Å²) in [6.45, 7) is 5.63. The minimum absolute atomic E-state index is 0.00113. The van der Waals surface area contributed by atoms with Gasteiger partial charge in [-0.1, -0.05) is 23.2 Å². The minimum Gasteiger partial charge on any atom is -0.458 e. The maximum Gasteiger partial charge on any atom is 0.311 e. The van der Waals surface area contributed by atoms with Gasteiger partial charge in [0.1, 0.15) is 11.5 Å². The Balaban J connectivity index is 2.21. The standard InChI is InChI=1S/C18H19Cl2NO6/c1-4-24-11(2)25-12(3)26-18-10-14(6-7-16(18)21(22)23)27-17-8-5-13(19)9-15(17)20/h5-12H,4H2,1-3H3. The number of nitro groups is 1. The first-order chi connectivity index (χ1) is 12.8. The molecule has 0 bridgehead atoms. The fraction of sp³-hybridized carbons (Fsp3) is 0.333. The van der Waals surface area contributed by atoms with Crippen molar-refractivity contribution in [1.82, 2.24) is 0 Å². The second kappa shape index (κ2) is 9.75. The zero-order valence-corrected chi connectivity index (χ0v) is 16.5. The van der Waals surface area contributed by atoms with Gasteiger partial charge in [0.2, 0.25) is 5.75 Å². The molecular weight excluding hydrogens is 397 g/mol. The predicted octanol–water partition coefficient (Wildman–Crippen LogP) is 5.82. The lowest BCUT2D eigenvalue weighted by Crippen LogP contribution is -2.24. The van der Waals surface area contributed by atoms with E-state index < -0.39 is 17.5 Å². The van der Waals surface area contributed by atoms with Gasteiger partial charge in [0.05, 0.1) is 9.95 Å². The van der Waals surface area contributed by atoms with Crippen molar-refractivity contribution in [1.29, 1.82) is 0 Å². The maximum atomic E-state index is 11.3. The molecule has 9 heteroatoms. The van der Waals surface area contributed by atoms with Crippen LogP contribution >= 0.6 is 23.2 Å². The Kier molecular flexibility index (Phi) is 7.67. The van der Waals surface area contributed by atoms with Crippen molar-refractivity contribution >= 4 is 28.9 Å². The highest BCUT2D eigenvalue weighted by molar-refractivity contribution is 6.35. The Bertz CT molecular complexity index is 801. The van der Waals surface area contributed by atoms with Crippen LogP contribution in [-0.4, -0.2) is 24.1 Å². The van der Waals surface area contributed by atoms with E-state index in [0.29, 0.717) is 28.2 Å². The first kappa shape index (κ1) is 21.2. The number of nitro benzene ring substituents is 1. The van der Waals surface area contributed by atoms with Crippen LogP contribution in [0.15, 0.2) is 36.4 Å². The van der Waals surface area contributed by atoms with Gasteiger partial charge in [0.15, 0.2) is 12.6 Å². The van der Waals surface area contributed by atoms with Crippen LogP contribution in [0, 0.1) is 10.1 Å². The van der Waals surface area contributed by atoms with Crippen LogP contribution < -0.4 is 9.47 Å². The molecule has 0 spiro atoms. The largest absolute Gasteiger partial charge is 0.458 e. The second-order valence-electron chi connectivity index (χ2n) is 5.41. The molecule has 0 amide bonds. The topological polar surface area (TPSA) is 80.1 Å². The summed E-state index contributed by atoms with van der Waals surface area (Å²) >= 11 is 12.0.